The third-order valence-electron chi connectivity index (χ3n) is 3.03. The minimum atomic E-state index is -3.64. The summed E-state index contributed by atoms with van der Waals surface area (Å²) in [6, 6.07) is -0.108. The number of hydrogen-bond donors (Lipinski definition) is 2. The second-order valence-corrected chi connectivity index (χ2v) is 5.98. The fraction of sp³-hybridized carbons (Fsp3) is 0.700. The SMILES string of the molecule is CCC(C)N(C)S(=O)(=O)c1n[nH]c(C)c1CO. The third kappa shape index (κ3) is 2.51. The van der Waals surface area contributed by atoms with Crippen LogP contribution in [-0.4, -0.2) is 41.1 Å². The van der Waals surface area contributed by atoms with Crippen LogP contribution in [0, 0.1) is 6.92 Å². The summed E-state index contributed by atoms with van der Waals surface area (Å²) in [7, 11) is -2.12. The second-order valence-electron chi connectivity index (χ2n) is 4.07. The maximum Gasteiger partial charge on any atom is 0.262 e. The van der Waals surface area contributed by atoms with Crippen LogP contribution in [0.1, 0.15) is 31.5 Å². The number of aromatic amines is 1. The van der Waals surface area contributed by atoms with E-state index in [0.717, 1.165) is 0 Å². The Morgan fingerprint density at radius 1 is 1.53 bits per heavy atom. The van der Waals surface area contributed by atoms with E-state index in [0.29, 0.717) is 17.7 Å². The quantitative estimate of drug-likeness (QED) is 0.814. The highest BCUT2D eigenvalue weighted by atomic mass is 32.2. The molecule has 0 saturated heterocycles. The minimum Gasteiger partial charge on any atom is -0.392 e. The molecule has 0 amide bonds. The van der Waals surface area contributed by atoms with E-state index in [2.05, 4.69) is 10.2 Å². The highest BCUT2D eigenvalue weighted by Crippen LogP contribution is 2.21. The Labute approximate surface area is 102 Å². The zero-order valence-electron chi connectivity index (χ0n) is 10.6. The van der Waals surface area contributed by atoms with Gasteiger partial charge in [-0.05, 0) is 20.3 Å². The van der Waals surface area contributed by atoms with Gasteiger partial charge in [-0.25, -0.2) is 8.42 Å². The molecule has 1 unspecified atom stereocenters. The van der Waals surface area contributed by atoms with Crippen LogP contribution in [0.25, 0.3) is 0 Å². The van der Waals surface area contributed by atoms with Crippen LogP contribution in [0.2, 0.25) is 0 Å². The van der Waals surface area contributed by atoms with Gasteiger partial charge in [0.05, 0.1) is 6.61 Å². The number of sulfonamides is 1. The Morgan fingerprint density at radius 2 is 2.12 bits per heavy atom. The molecule has 17 heavy (non-hydrogen) atoms. The lowest BCUT2D eigenvalue weighted by molar-refractivity contribution is 0.277. The number of nitrogens with zero attached hydrogens (tertiary/aromatic N) is 2. The number of H-pyrrole nitrogens is 1. The van der Waals surface area contributed by atoms with Crippen LogP contribution >= 0.6 is 0 Å². The molecule has 7 heteroatoms. The molecule has 0 aliphatic carbocycles. The third-order valence-corrected chi connectivity index (χ3v) is 4.97. The summed E-state index contributed by atoms with van der Waals surface area (Å²) in [6.07, 6.45) is 0.716. The lowest BCUT2D eigenvalue weighted by Crippen LogP contribution is -2.35. The maximum atomic E-state index is 12.3. The van der Waals surface area contributed by atoms with Gasteiger partial charge in [0.25, 0.3) is 10.0 Å². The normalized spacial score (nSPS) is 14.2. The molecular weight excluding hydrogens is 242 g/mol. The molecule has 0 bridgehead atoms. The predicted octanol–water partition coefficient (Wildman–Crippen LogP) is 0.629. The van der Waals surface area contributed by atoms with Crippen molar-refractivity contribution in [1.29, 1.82) is 0 Å². The van der Waals surface area contributed by atoms with Crippen molar-refractivity contribution in [3.05, 3.63) is 11.3 Å². The molecule has 98 valence electrons. The van der Waals surface area contributed by atoms with Gasteiger partial charge in [0, 0.05) is 24.3 Å². The van der Waals surface area contributed by atoms with E-state index < -0.39 is 10.0 Å². The summed E-state index contributed by atoms with van der Waals surface area (Å²) in [5.74, 6) is 0. The summed E-state index contributed by atoms with van der Waals surface area (Å²) in [6.45, 7) is 5.08. The molecule has 0 spiro atoms. The van der Waals surface area contributed by atoms with Crippen molar-refractivity contribution in [2.45, 2.75) is 44.9 Å². The van der Waals surface area contributed by atoms with Gasteiger partial charge in [-0.2, -0.15) is 9.40 Å². The molecule has 0 aliphatic rings. The van der Waals surface area contributed by atoms with Gasteiger partial charge in [0.1, 0.15) is 0 Å². The monoisotopic (exact) mass is 261 g/mol. The lowest BCUT2D eigenvalue weighted by atomic mass is 10.3. The van der Waals surface area contributed by atoms with Crippen molar-refractivity contribution in [2.24, 2.45) is 0 Å². The highest BCUT2D eigenvalue weighted by molar-refractivity contribution is 7.89. The highest BCUT2D eigenvalue weighted by Gasteiger charge is 2.30. The van der Waals surface area contributed by atoms with Crippen LogP contribution in [0.4, 0.5) is 0 Å². The zero-order chi connectivity index (χ0) is 13.2. The van der Waals surface area contributed by atoms with E-state index in [-0.39, 0.29) is 17.7 Å². The zero-order valence-corrected chi connectivity index (χ0v) is 11.4. The van der Waals surface area contributed by atoms with Gasteiger partial charge in [0.15, 0.2) is 5.03 Å². The number of hydrogen-bond acceptors (Lipinski definition) is 4. The summed E-state index contributed by atoms with van der Waals surface area (Å²) < 4.78 is 25.8. The molecule has 0 saturated carbocycles. The van der Waals surface area contributed by atoms with Crippen LogP contribution in [0.3, 0.4) is 0 Å². The molecule has 1 heterocycles. The van der Waals surface area contributed by atoms with Crippen LogP contribution in [0.5, 0.6) is 0 Å². The molecule has 6 nitrogen and oxygen atoms in total. The first-order valence-electron chi connectivity index (χ1n) is 5.49. The fourth-order valence-electron chi connectivity index (χ4n) is 1.46. The Morgan fingerprint density at radius 3 is 2.59 bits per heavy atom. The van der Waals surface area contributed by atoms with Crippen molar-refractivity contribution < 1.29 is 13.5 Å². The summed E-state index contributed by atoms with van der Waals surface area (Å²) >= 11 is 0. The van der Waals surface area contributed by atoms with E-state index in [1.54, 1.807) is 6.92 Å². The smallest absolute Gasteiger partial charge is 0.262 e. The van der Waals surface area contributed by atoms with Crippen molar-refractivity contribution >= 4 is 10.0 Å². The number of rotatable bonds is 5. The van der Waals surface area contributed by atoms with E-state index >= 15 is 0 Å². The van der Waals surface area contributed by atoms with Gasteiger partial charge >= 0.3 is 0 Å². The number of nitrogens with one attached hydrogen (secondary N) is 1. The predicted molar refractivity (Wildman–Crippen MR) is 63.9 cm³/mol. The molecule has 1 rings (SSSR count). The van der Waals surface area contributed by atoms with E-state index in [1.165, 1.54) is 11.4 Å². The molecule has 2 N–H and O–H groups in total. The van der Waals surface area contributed by atoms with Gasteiger partial charge in [-0.1, -0.05) is 6.92 Å². The van der Waals surface area contributed by atoms with Gasteiger partial charge < -0.3 is 5.11 Å². The second kappa shape index (κ2) is 5.16. The first-order chi connectivity index (χ1) is 7.86. The fourth-order valence-corrected chi connectivity index (χ4v) is 3.05. The average Bonchev–Trinajstić information content (AvgIpc) is 2.68. The van der Waals surface area contributed by atoms with Gasteiger partial charge in [-0.3, -0.25) is 5.10 Å². The number of aromatic nitrogens is 2. The molecule has 1 atom stereocenters. The molecular formula is C10H19N3O3S. The topological polar surface area (TPSA) is 86.3 Å². The van der Waals surface area contributed by atoms with Crippen LogP contribution in [-0.2, 0) is 16.6 Å². The minimum absolute atomic E-state index is 0.0831. The maximum absolute atomic E-state index is 12.3. The average molecular weight is 261 g/mol. The van der Waals surface area contributed by atoms with Crippen LogP contribution in [0.15, 0.2) is 5.03 Å². The Kier molecular flexibility index (Phi) is 4.29. The molecule has 1 aromatic rings. The summed E-state index contributed by atoms with van der Waals surface area (Å²) in [5.41, 5.74) is 0.906. The van der Waals surface area contributed by atoms with Crippen molar-refractivity contribution in [2.75, 3.05) is 7.05 Å². The largest absolute Gasteiger partial charge is 0.392 e. The molecule has 0 aliphatic heterocycles. The molecule has 0 aromatic carbocycles. The van der Waals surface area contributed by atoms with E-state index in [1.807, 2.05) is 13.8 Å². The van der Waals surface area contributed by atoms with Crippen molar-refractivity contribution in [3.63, 3.8) is 0 Å². The first kappa shape index (κ1) is 14.1. The Balaban J connectivity index is 3.22. The molecule has 1 aromatic heterocycles. The summed E-state index contributed by atoms with van der Waals surface area (Å²) in [4.78, 5) is 0. The summed E-state index contributed by atoms with van der Waals surface area (Å²) in [5, 5.41) is 15.5. The molecule has 0 fully saturated rings. The first-order valence-corrected chi connectivity index (χ1v) is 6.93. The number of aryl methyl sites for hydroxylation is 1. The Bertz CT molecular complexity index is 481. The number of aliphatic hydroxyl groups excluding tert-OH is 1. The number of aliphatic hydroxyl groups is 1. The van der Waals surface area contributed by atoms with Gasteiger partial charge in [0.2, 0.25) is 0 Å². The van der Waals surface area contributed by atoms with E-state index in [9.17, 15) is 13.5 Å². The lowest BCUT2D eigenvalue weighted by Gasteiger charge is -2.22. The van der Waals surface area contributed by atoms with Gasteiger partial charge in [-0.15, -0.1) is 0 Å². The molecule has 0 radical (unpaired) electrons. The van der Waals surface area contributed by atoms with Crippen LogP contribution < -0.4 is 0 Å². The van der Waals surface area contributed by atoms with Crippen molar-refractivity contribution in [3.8, 4) is 0 Å². The Hall–Kier alpha value is -0.920. The van der Waals surface area contributed by atoms with Crippen molar-refractivity contribution in [1.82, 2.24) is 14.5 Å². The van der Waals surface area contributed by atoms with E-state index in [4.69, 9.17) is 0 Å². The standard InChI is InChI=1S/C10H19N3O3S/c1-5-7(2)13(4)17(15,16)10-9(6-14)8(3)11-12-10/h7,14H,5-6H2,1-4H3,(H,11,12).